The Labute approximate surface area is 126 Å². The number of hydrogen-bond donors (Lipinski definition) is 2. The molecule has 1 unspecified atom stereocenters. The van der Waals surface area contributed by atoms with Gasteiger partial charge in [-0.3, -0.25) is 0 Å². The SMILES string of the molecule is Cc1ccccc1NC(CO)c1ccc(Cl)c(Br)c1. The van der Waals surface area contributed by atoms with E-state index in [1.807, 2.05) is 49.4 Å². The predicted octanol–water partition coefficient (Wildman–Crippen LogP) is 4.56. The van der Waals surface area contributed by atoms with Gasteiger partial charge in [-0.1, -0.05) is 35.9 Å². The maximum absolute atomic E-state index is 9.58. The van der Waals surface area contributed by atoms with E-state index in [2.05, 4.69) is 21.2 Å². The second kappa shape index (κ2) is 6.42. The van der Waals surface area contributed by atoms with E-state index in [0.29, 0.717) is 5.02 Å². The van der Waals surface area contributed by atoms with Crippen LogP contribution >= 0.6 is 27.5 Å². The number of rotatable bonds is 4. The van der Waals surface area contributed by atoms with Gasteiger partial charge < -0.3 is 10.4 Å². The lowest BCUT2D eigenvalue weighted by Crippen LogP contribution is -2.15. The highest BCUT2D eigenvalue weighted by molar-refractivity contribution is 9.10. The van der Waals surface area contributed by atoms with Crippen LogP contribution < -0.4 is 5.32 Å². The number of para-hydroxylation sites is 1. The molecule has 0 aliphatic heterocycles. The minimum atomic E-state index is -0.158. The van der Waals surface area contributed by atoms with E-state index in [4.69, 9.17) is 11.6 Å². The highest BCUT2D eigenvalue weighted by Gasteiger charge is 2.12. The molecule has 0 aromatic heterocycles. The molecule has 0 bridgehead atoms. The molecule has 19 heavy (non-hydrogen) atoms. The highest BCUT2D eigenvalue weighted by atomic mass is 79.9. The van der Waals surface area contributed by atoms with Gasteiger partial charge in [0, 0.05) is 10.2 Å². The fourth-order valence-electron chi connectivity index (χ4n) is 1.89. The van der Waals surface area contributed by atoms with Crippen molar-refractivity contribution in [3.05, 3.63) is 63.1 Å². The number of benzene rings is 2. The smallest absolute Gasteiger partial charge is 0.0745 e. The zero-order valence-electron chi connectivity index (χ0n) is 10.5. The third-order valence-corrected chi connectivity index (χ3v) is 4.22. The molecule has 1 atom stereocenters. The fraction of sp³-hybridized carbons (Fsp3) is 0.200. The largest absolute Gasteiger partial charge is 0.394 e. The van der Waals surface area contributed by atoms with Crippen molar-refractivity contribution in [1.29, 1.82) is 0 Å². The van der Waals surface area contributed by atoms with E-state index in [1.165, 1.54) is 0 Å². The van der Waals surface area contributed by atoms with Gasteiger partial charge in [0.1, 0.15) is 0 Å². The van der Waals surface area contributed by atoms with Crippen LogP contribution in [0.4, 0.5) is 5.69 Å². The van der Waals surface area contributed by atoms with E-state index >= 15 is 0 Å². The van der Waals surface area contributed by atoms with Crippen molar-refractivity contribution in [2.24, 2.45) is 0 Å². The normalized spacial score (nSPS) is 12.2. The summed E-state index contributed by atoms with van der Waals surface area (Å²) in [6.45, 7) is 2.05. The molecule has 0 radical (unpaired) electrons. The summed E-state index contributed by atoms with van der Waals surface area (Å²) in [5, 5.41) is 13.6. The summed E-state index contributed by atoms with van der Waals surface area (Å²) in [7, 11) is 0. The molecule has 0 saturated heterocycles. The van der Waals surface area contributed by atoms with Crippen LogP contribution in [-0.4, -0.2) is 11.7 Å². The topological polar surface area (TPSA) is 32.3 Å². The van der Waals surface area contributed by atoms with Crippen LogP contribution in [0.1, 0.15) is 17.2 Å². The van der Waals surface area contributed by atoms with Crippen LogP contribution in [-0.2, 0) is 0 Å². The molecule has 0 saturated carbocycles. The number of aliphatic hydroxyl groups is 1. The molecule has 0 fully saturated rings. The maximum atomic E-state index is 9.58. The van der Waals surface area contributed by atoms with Crippen LogP contribution in [0.3, 0.4) is 0 Å². The van der Waals surface area contributed by atoms with Crippen molar-refractivity contribution in [3.63, 3.8) is 0 Å². The number of halogens is 2. The van der Waals surface area contributed by atoms with Crippen LogP contribution in [0, 0.1) is 6.92 Å². The molecule has 0 spiro atoms. The summed E-state index contributed by atoms with van der Waals surface area (Å²) in [6.07, 6.45) is 0. The van der Waals surface area contributed by atoms with Crippen molar-refractivity contribution in [2.75, 3.05) is 11.9 Å². The maximum Gasteiger partial charge on any atom is 0.0745 e. The van der Waals surface area contributed by atoms with Gasteiger partial charge in [0.2, 0.25) is 0 Å². The standard InChI is InChI=1S/C15H15BrClNO/c1-10-4-2-3-5-14(10)18-15(9-19)11-6-7-13(17)12(16)8-11/h2-8,15,18-19H,9H2,1H3. The fourth-order valence-corrected chi connectivity index (χ4v) is 2.40. The van der Waals surface area contributed by atoms with Crippen molar-refractivity contribution in [3.8, 4) is 0 Å². The Kier molecular flexibility index (Phi) is 4.86. The quantitative estimate of drug-likeness (QED) is 0.855. The third-order valence-electron chi connectivity index (χ3n) is 3.00. The Morgan fingerprint density at radius 2 is 2.00 bits per heavy atom. The van der Waals surface area contributed by atoms with Crippen LogP contribution in [0.2, 0.25) is 5.02 Å². The Morgan fingerprint density at radius 3 is 2.63 bits per heavy atom. The molecule has 0 aliphatic carbocycles. The zero-order chi connectivity index (χ0) is 13.8. The van der Waals surface area contributed by atoms with E-state index in [0.717, 1.165) is 21.3 Å². The molecule has 2 N–H and O–H groups in total. The first kappa shape index (κ1) is 14.4. The van der Waals surface area contributed by atoms with Gasteiger partial charge in [0.15, 0.2) is 0 Å². The van der Waals surface area contributed by atoms with E-state index in [-0.39, 0.29) is 12.6 Å². The second-order valence-electron chi connectivity index (χ2n) is 4.37. The monoisotopic (exact) mass is 339 g/mol. The Bertz CT molecular complexity index is 574. The van der Waals surface area contributed by atoms with Gasteiger partial charge in [-0.05, 0) is 52.2 Å². The minimum absolute atomic E-state index is 0.0163. The molecule has 2 aromatic rings. The number of aliphatic hydroxyl groups excluding tert-OH is 1. The molecule has 0 heterocycles. The summed E-state index contributed by atoms with van der Waals surface area (Å²) < 4.78 is 0.830. The average molecular weight is 341 g/mol. The lowest BCUT2D eigenvalue weighted by molar-refractivity contribution is 0.276. The molecular weight excluding hydrogens is 326 g/mol. The summed E-state index contributed by atoms with van der Waals surface area (Å²) >= 11 is 9.39. The lowest BCUT2D eigenvalue weighted by Gasteiger charge is -2.20. The molecule has 100 valence electrons. The first-order valence-electron chi connectivity index (χ1n) is 6.00. The Morgan fingerprint density at radius 1 is 1.26 bits per heavy atom. The lowest BCUT2D eigenvalue weighted by atomic mass is 10.1. The number of nitrogens with one attached hydrogen (secondary N) is 1. The summed E-state index contributed by atoms with van der Waals surface area (Å²) in [5.41, 5.74) is 3.16. The number of anilines is 1. The Hall–Kier alpha value is -1.03. The minimum Gasteiger partial charge on any atom is -0.394 e. The van der Waals surface area contributed by atoms with Gasteiger partial charge in [0.25, 0.3) is 0 Å². The van der Waals surface area contributed by atoms with Crippen LogP contribution in [0.5, 0.6) is 0 Å². The van der Waals surface area contributed by atoms with Crippen LogP contribution in [0.15, 0.2) is 46.9 Å². The van der Waals surface area contributed by atoms with Crippen molar-refractivity contribution < 1.29 is 5.11 Å². The molecule has 2 rings (SSSR count). The Balaban J connectivity index is 2.25. The van der Waals surface area contributed by atoms with Gasteiger partial charge in [-0.15, -0.1) is 0 Å². The number of aryl methyl sites for hydroxylation is 1. The summed E-state index contributed by atoms with van der Waals surface area (Å²) in [6, 6.07) is 13.5. The summed E-state index contributed by atoms with van der Waals surface area (Å²) in [5.74, 6) is 0. The van der Waals surface area contributed by atoms with Gasteiger partial charge in [-0.2, -0.15) is 0 Å². The van der Waals surface area contributed by atoms with Gasteiger partial charge in [-0.25, -0.2) is 0 Å². The average Bonchev–Trinajstić information content (AvgIpc) is 2.41. The molecule has 0 aliphatic rings. The molecule has 0 amide bonds. The van der Waals surface area contributed by atoms with Crippen molar-refractivity contribution in [1.82, 2.24) is 0 Å². The van der Waals surface area contributed by atoms with Crippen molar-refractivity contribution >= 4 is 33.2 Å². The zero-order valence-corrected chi connectivity index (χ0v) is 12.9. The second-order valence-corrected chi connectivity index (χ2v) is 5.63. The molecule has 4 heteroatoms. The molecular formula is C15H15BrClNO. The first-order valence-corrected chi connectivity index (χ1v) is 7.17. The first-order chi connectivity index (χ1) is 9.11. The van der Waals surface area contributed by atoms with E-state index in [9.17, 15) is 5.11 Å². The highest BCUT2D eigenvalue weighted by Crippen LogP contribution is 2.28. The summed E-state index contributed by atoms with van der Waals surface area (Å²) in [4.78, 5) is 0. The molecule has 2 nitrogen and oxygen atoms in total. The van der Waals surface area contributed by atoms with E-state index in [1.54, 1.807) is 0 Å². The van der Waals surface area contributed by atoms with Gasteiger partial charge >= 0.3 is 0 Å². The van der Waals surface area contributed by atoms with Crippen LogP contribution in [0.25, 0.3) is 0 Å². The van der Waals surface area contributed by atoms with Gasteiger partial charge in [0.05, 0.1) is 17.7 Å². The predicted molar refractivity (Wildman–Crippen MR) is 83.8 cm³/mol. The molecule has 2 aromatic carbocycles. The van der Waals surface area contributed by atoms with Crippen molar-refractivity contribution in [2.45, 2.75) is 13.0 Å². The van der Waals surface area contributed by atoms with E-state index < -0.39 is 0 Å². The third kappa shape index (κ3) is 3.50. The number of hydrogen-bond acceptors (Lipinski definition) is 2.